The van der Waals surface area contributed by atoms with Crippen LogP contribution in [0, 0.1) is 18.3 Å². The first-order chi connectivity index (χ1) is 14.7. The molecule has 2 aromatic heterocycles. The smallest absolute Gasteiger partial charge is 0.254 e. The van der Waals surface area contributed by atoms with Gasteiger partial charge in [0.05, 0.1) is 11.8 Å². The molecule has 0 aromatic carbocycles. The Labute approximate surface area is 190 Å². The summed E-state index contributed by atoms with van der Waals surface area (Å²) in [5.41, 5.74) is 4.43. The molecule has 2 aliphatic carbocycles. The number of amides is 1. The minimum Gasteiger partial charge on any atom is -0.349 e. The van der Waals surface area contributed by atoms with Crippen LogP contribution in [0.4, 0.5) is 5.00 Å². The highest BCUT2D eigenvalue weighted by molar-refractivity contribution is 7.16. The zero-order chi connectivity index (χ0) is 22.2. The van der Waals surface area contributed by atoms with Crippen LogP contribution in [0.15, 0.2) is 11.2 Å². The van der Waals surface area contributed by atoms with Crippen LogP contribution in [0.25, 0.3) is 0 Å². The van der Waals surface area contributed by atoms with Crippen molar-refractivity contribution in [2.75, 3.05) is 0 Å². The quantitative estimate of drug-likeness (QED) is 0.615. The van der Waals surface area contributed by atoms with Crippen molar-refractivity contribution in [3.05, 3.63) is 33.5 Å². The van der Waals surface area contributed by atoms with Gasteiger partial charge in [-0.15, -0.1) is 11.3 Å². The van der Waals surface area contributed by atoms with E-state index in [4.69, 9.17) is 4.99 Å². The lowest BCUT2D eigenvalue weighted by molar-refractivity contribution is 0.0927. The Hall–Kier alpha value is -1.95. The second kappa shape index (κ2) is 8.89. The molecule has 1 atom stereocenters. The van der Waals surface area contributed by atoms with E-state index in [9.17, 15) is 4.79 Å². The highest BCUT2D eigenvalue weighted by Crippen LogP contribution is 2.45. The van der Waals surface area contributed by atoms with Crippen molar-refractivity contribution >= 4 is 28.5 Å². The summed E-state index contributed by atoms with van der Waals surface area (Å²) in [4.78, 5) is 19.6. The van der Waals surface area contributed by atoms with E-state index >= 15 is 0 Å². The topological polar surface area (TPSA) is 59.3 Å². The van der Waals surface area contributed by atoms with Crippen molar-refractivity contribution in [3.8, 4) is 0 Å². The normalized spacial score (nSPS) is 20.2. The maximum absolute atomic E-state index is 13.4. The Bertz CT molecular complexity index is 973. The molecule has 1 fully saturated rings. The van der Waals surface area contributed by atoms with E-state index < -0.39 is 0 Å². The SMILES string of the molecule is Cc1c(C=Nc2sc3c(c2C(=O)NC2CCCCC2)CC[C@@H](C(C)(C)C)C3)cnn1C. The number of nitrogens with zero attached hydrogens (tertiary/aromatic N) is 3. The third-order valence-electron chi connectivity index (χ3n) is 7.23. The number of fused-ring (bicyclic) bond motifs is 1. The third kappa shape index (κ3) is 4.79. The molecule has 0 aliphatic heterocycles. The Kier molecular flexibility index (Phi) is 6.38. The fourth-order valence-electron chi connectivity index (χ4n) is 4.91. The number of carbonyl (C=O) groups is 1. The van der Waals surface area contributed by atoms with Crippen LogP contribution >= 0.6 is 11.3 Å². The predicted octanol–water partition coefficient (Wildman–Crippen LogP) is 5.75. The van der Waals surface area contributed by atoms with Crippen molar-refractivity contribution < 1.29 is 4.79 Å². The van der Waals surface area contributed by atoms with Crippen LogP contribution in [0.5, 0.6) is 0 Å². The van der Waals surface area contributed by atoms with Gasteiger partial charge in [0, 0.05) is 35.4 Å². The summed E-state index contributed by atoms with van der Waals surface area (Å²) in [6.45, 7) is 9.03. The van der Waals surface area contributed by atoms with E-state index in [0.29, 0.717) is 12.0 Å². The lowest BCUT2D eigenvalue weighted by atomic mass is 9.72. The Balaban J connectivity index is 1.66. The molecule has 5 nitrogen and oxygen atoms in total. The number of aryl methyl sites for hydroxylation is 1. The molecule has 0 radical (unpaired) electrons. The zero-order valence-corrected chi connectivity index (χ0v) is 20.4. The van der Waals surface area contributed by atoms with Crippen LogP contribution in [-0.4, -0.2) is 27.9 Å². The van der Waals surface area contributed by atoms with Gasteiger partial charge in [0.15, 0.2) is 0 Å². The number of carbonyl (C=O) groups excluding carboxylic acids is 1. The molecule has 1 saturated carbocycles. The Morgan fingerprint density at radius 3 is 2.65 bits per heavy atom. The van der Waals surface area contributed by atoms with E-state index in [2.05, 4.69) is 31.2 Å². The number of hydrogen-bond acceptors (Lipinski definition) is 4. The molecule has 31 heavy (non-hydrogen) atoms. The lowest BCUT2D eigenvalue weighted by Crippen LogP contribution is -2.36. The lowest BCUT2D eigenvalue weighted by Gasteiger charge is -2.34. The molecule has 6 heteroatoms. The average molecular weight is 441 g/mol. The van der Waals surface area contributed by atoms with E-state index in [1.54, 1.807) is 11.3 Å². The second-order valence-corrected chi connectivity index (χ2v) is 11.4. The highest BCUT2D eigenvalue weighted by Gasteiger charge is 2.34. The average Bonchev–Trinajstić information content (AvgIpc) is 3.25. The van der Waals surface area contributed by atoms with Crippen LogP contribution in [-0.2, 0) is 19.9 Å². The van der Waals surface area contributed by atoms with E-state index in [1.807, 2.05) is 31.1 Å². The summed E-state index contributed by atoms with van der Waals surface area (Å²) in [6, 6.07) is 0.306. The van der Waals surface area contributed by atoms with Crippen molar-refractivity contribution in [2.24, 2.45) is 23.4 Å². The van der Waals surface area contributed by atoms with Crippen LogP contribution < -0.4 is 5.32 Å². The van der Waals surface area contributed by atoms with Gasteiger partial charge in [-0.25, -0.2) is 4.99 Å². The van der Waals surface area contributed by atoms with Gasteiger partial charge in [0.25, 0.3) is 5.91 Å². The van der Waals surface area contributed by atoms with Crippen molar-refractivity contribution in [1.82, 2.24) is 15.1 Å². The maximum Gasteiger partial charge on any atom is 0.254 e. The first-order valence-electron chi connectivity index (χ1n) is 11.7. The minimum absolute atomic E-state index is 0.0775. The number of aliphatic imine (C=N–C) groups is 1. The molecular weight excluding hydrogens is 404 g/mol. The molecule has 168 valence electrons. The van der Waals surface area contributed by atoms with Gasteiger partial charge in [-0.1, -0.05) is 40.0 Å². The third-order valence-corrected chi connectivity index (χ3v) is 8.40. The molecule has 0 unspecified atom stereocenters. The van der Waals surface area contributed by atoms with Gasteiger partial charge in [-0.3, -0.25) is 9.48 Å². The summed E-state index contributed by atoms with van der Waals surface area (Å²) in [5.74, 6) is 0.721. The molecule has 4 rings (SSSR count). The summed E-state index contributed by atoms with van der Waals surface area (Å²) in [5, 5.41) is 8.52. The fraction of sp³-hybridized carbons (Fsp3) is 0.640. The van der Waals surface area contributed by atoms with Gasteiger partial charge in [-0.05, 0) is 55.9 Å². The first-order valence-corrected chi connectivity index (χ1v) is 12.5. The molecule has 0 saturated heterocycles. The standard InChI is InChI=1S/C25H36N4OS/c1-16-17(15-27-29(16)5)14-26-24-22(23(30)28-19-9-7-6-8-10-19)20-12-11-18(25(2,3)4)13-21(20)31-24/h14-15,18-19H,6-13H2,1-5H3,(H,28,30)/t18-/m1/s1. The van der Waals surface area contributed by atoms with Gasteiger partial charge < -0.3 is 5.32 Å². The van der Waals surface area contributed by atoms with Crippen molar-refractivity contribution in [1.29, 1.82) is 0 Å². The summed E-state index contributed by atoms with van der Waals surface area (Å²) in [6.07, 6.45) is 12.8. The zero-order valence-electron chi connectivity index (χ0n) is 19.6. The van der Waals surface area contributed by atoms with Crippen LogP contribution in [0.1, 0.15) is 91.4 Å². The van der Waals surface area contributed by atoms with Gasteiger partial charge in [-0.2, -0.15) is 5.10 Å². The van der Waals surface area contributed by atoms with Crippen molar-refractivity contribution in [3.63, 3.8) is 0 Å². The molecule has 2 aromatic rings. The number of rotatable bonds is 4. The predicted molar refractivity (Wildman–Crippen MR) is 129 cm³/mol. The van der Waals surface area contributed by atoms with E-state index in [-0.39, 0.29) is 11.3 Å². The van der Waals surface area contributed by atoms with Crippen molar-refractivity contribution in [2.45, 2.75) is 85.1 Å². The fourth-order valence-corrected chi connectivity index (χ4v) is 6.18. The minimum atomic E-state index is 0.0775. The van der Waals surface area contributed by atoms with E-state index in [1.165, 1.54) is 29.7 Å². The maximum atomic E-state index is 13.4. The molecule has 0 spiro atoms. The molecule has 1 amide bonds. The molecule has 2 heterocycles. The number of nitrogens with one attached hydrogen (secondary N) is 1. The number of aromatic nitrogens is 2. The van der Waals surface area contributed by atoms with Crippen LogP contribution in [0.3, 0.4) is 0 Å². The van der Waals surface area contributed by atoms with Gasteiger partial charge in [0.1, 0.15) is 5.00 Å². The van der Waals surface area contributed by atoms with Gasteiger partial charge in [0.2, 0.25) is 0 Å². The summed E-state index contributed by atoms with van der Waals surface area (Å²) in [7, 11) is 1.94. The van der Waals surface area contributed by atoms with Gasteiger partial charge >= 0.3 is 0 Å². The monoisotopic (exact) mass is 440 g/mol. The second-order valence-electron chi connectivity index (χ2n) is 10.4. The molecule has 0 bridgehead atoms. The first kappa shape index (κ1) is 22.3. The molecule has 1 N–H and O–H groups in total. The molecule has 2 aliphatic rings. The van der Waals surface area contributed by atoms with Crippen LogP contribution in [0.2, 0.25) is 0 Å². The highest BCUT2D eigenvalue weighted by atomic mass is 32.1. The van der Waals surface area contributed by atoms with E-state index in [0.717, 1.165) is 53.9 Å². The summed E-state index contributed by atoms with van der Waals surface area (Å²) >= 11 is 1.72. The summed E-state index contributed by atoms with van der Waals surface area (Å²) < 4.78 is 1.85. The number of thiophene rings is 1. The number of hydrogen-bond donors (Lipinski definition) is 1. The Morgan fingerprint density at radius 2 is 2.00 bits per heavy atom. The largest absolute Gasteiger partial charge is 0.349 e. The Morgan fingerprint density at radius 1 is 1.26 bits per heavy atom. The molecular formula is C25H36N4OS.